The molecular formula is C18H15FN2O2S. The van der Waals surface area contributed by atoms with Gasteiger partial charge in [-0.25, -0.2) is 4.39 Å². The van der Waals surface area contributed by atoms with E-state index in [0.29, 0.717) is 28.9 Å². The van der Waals surface area contributed by atoms with Crippen LogP contribution in [0.1, 0.15) is 20.0 Å². The fourth-order valence-corrected chi connectivity index (χ4v) is 3.22. The van der Waals surface area contributed by atoms with Gasteiger partial charge in [0.15, 0.2) is 0 Å². The van der Waals surface area contributed by atoms with Gasteiger partial charge in [-0.2, -0.15) is 0 Å². The molecule has 24 heavy (non-hydrogen) atoms. The number of hydrogen-bond acceptors (Lipinski definition) is 3. The number of nitrogens with one attached hydrogen (secondary N) is 2. The summed E-state index contributed by atoms with van der Waals surface area (Å²) in [4.78, 5) is 24.5. The lowest BCUT2D eigenvalue weighted by molar-refractivity contribution is 0.0929. The number of hydrogen-bond donors (Lipinski definition) is 2. The number of thiophene rings is 1. The first kappa shape index (κ1) is 16.1. The summed E-state index contributed by atoms with van der Waals surface area (Å²) in [5, 5.41) is 6.20. The van der Waals surface area contributed by atoms with Crippen molar-refractivity contribution in [1.29, 1.82) is 0 Å². The van der Waals surface area contributed by atoms with Crippen molar-refractivity contribution >= 4 is 33.2 Å². The topological polar surface area (TPSA) is 58.2 Å². The second-order valence-corrected chi connectivity index (χ2v) is 6.25. The highest BCUT2D eigenvalue weighted by Gasteiger charge is 2.10. The quantitative estimate of drug-likeness (QED) is 0.700. The van der Waals surface area contributed by atoms with E-state index in [0.717, 1.165) is 4.70 Å². The van der Waals surface area contributed by atoms with E-state index in [1.54, 1.807) is 36.4 Å². The highest BCUT2D eigenvalue weighted by atomic mass is 32.1. The van der Waals surface area contributed by atoms with Crippen LogP contribution in [0.15, 0.2) is 54.6 Å². The fourth-order valence-electron chi connectivity index (χ4n) is 2.26. The molecule has 122 valence electrons. The van der Waals surface area contributed by atoms with Crippen LogP contribution < -0.4 is 10.6 Å². The third-order valence-electron chi connectivity index (χ3n) is 3.43. The molecule has 0 saturated carbocycles. The number of amides is 2. The number of fused-ring (bicyclic) bond motifs is 1. The summed E-state index contributed by atoms with van der Waals surface area (Å²) in [6, 6.07) is 15.0. The van der Waals surface area contributed by atoms with Crippen molar-refractivity contribution in [2.45, 2.75) is 0 Å². The molecule has 0 aliphatic carbocycles. The van der Waals surface area contributed by atoms with Gasteiger partial charge in [0.25, 0.3) is 11.8 Å². The first-order chi connectivity index (χ1) is 11.6. The largest absolute Gasteiger partial charge is 0.350 e. The SMILES string of the molecule is O=C(NCCNC(=O)c1cc2cc(F)ccc2s1)c1ccccc1. The molecule has 6 heteroatoms. The molecule has 3 aromatic rings. The third kappa shape index (κ3) is 3.78. The van der Waals surface area contributed by atoms with E-state index in [1.165, 1.54) is 23.5 Å². The van der Waals surface area contributed by atoms with Crippen LogP contribution in [0, 0.1) is 5.82 Å². The summed E-state index contributed by atoms with van der Waals surface area (Å²) in [6.45, 7) is 0.652. The Kier molecular flexibility index (Phi) is 4.86. The lowest BCUT2D eigenvalue weighted by Crippen LogP contribution is -2.34. The zero-order chi connectivity index (χ0) is 16.9. The van der Waals surface area contributed by atoms with E-state index in [9.17, 15) is 14.0 Å². The van der Waals surface area contributed by atoms with Gasteiger partial charge in [0.05, 0.1) is 4.88 Å². The van der Waals surface area contributed by atoms with E-state index in [1.807, 2.05) is 6.07 Å². The van der Waals surface area contributed by atoms with Crippen LogP contribution in [0.25, 0.3) is 10.1 Å². The molecule has 1 heterocycles. The van der Waals surface area contributed by atoms with Crippen LogP contribution in [0.3, 0.4) is 0 Å². The number of carbonyl (C=O) groups is 2. The number of rotatable bonds is 5. The van der Waals surface area contributed by atoms with Crippen molar-refractivity contribution < 1.29 is 14.0 Å². The second kappa shape index (κ2) is 7.23. The molecule has 0 spiro atoms. The molecule has 0 aliphatic rings. The molecule has 0 radical (unpaired) electrons. The predicted molar refractivity (Wildman–Crippen MR) is 92.9 cm³/mol. The van der Waals surface area contributed by atoms with Crippen LogP contribution in [0.5, 0.6) is 0 Å². The smallest absolute Gasteiger partial charge is 0.261 e. The molecule has 0 aliphatic heterocycles. The average Bonchev–Trinajstić information content (AvgIpc) is 3.02. The van der Waals surface area contributed by atoms with E-state index in [-0.39, 0.29) is 17.6 Å². The van der Waals surface area contributed by atoms with Gasteiger partial charge >= 0.3 is 0 Å². The minimum absolute atomic E-state index is 0.179. The van der Waals surface area contributed by atoms with E-state index < -0.39 is 0 Å². The van der Waals surface area contributed by atoms with Gasteiger partial charge in [0.2, 0.25) is 0 Å². The summed E-state index contributed by atoms with van der Waals surface area (Å²) in [5.74, 6) is -0.733. The van der Waals surface area contributed by atoms with Gasteiger partial charge in [-0.05, 0) is 41.8 Å². The maximum absolute atomic E-state index is 13.2. The van der Waals surface area contributed by atoms with Crippen LogP contribution in [-0.2, 0) is 0 Å². The third-order valence-corrected chi connectivity index (χ3v) is 4.55. The zero-order valence-corrected chi connectivity index (χ0v) is 13.5. The molecule has 0 atom stereocenters. The van der Waals surface area contributed by atoms with Crippen LogP contribution in [0.2, 0.25) is 0 Å². The molecule has 1 aromatic heterocycles. The molecule has 2 amide bonds. The maximum Gasteiger partial charge on any atom is 0.261 e. The van der Waals surface area contributed by atoms with Crippen molar-refractivity contribution in [3.8, 4) is 0 Å². The molecule has 0 saturated heterocycles. The van der Waals surface area contributed by atoms with Gasteiger partial charge in [-0.1, -0.05) is 18.2 Å². The Balaban J connectivity index is 1.51. The maximum atomic E-state index is 13.2. The van der Waals surface area contributed by atoms with E-state index >= 15 is 0 Å². The summed E-state index contributed by atoms with van der Waals surface area (Å²) in [5.41, 5.74) is 0.579. The number of carbonyl (C=O) groups excluding carboxylic acids is 2. The monoisotopic (exact) mass is 342 g/mol. The van der Waals surface area contributed by atoms with Gasteiger partial charge < -0.3 is 10.6 Å². The van der Waals surface area contributed by atoms with E-state index in [2.05, 4.69) is 10.6 Å². The minimum atomic E-state index is -0.323. The first-order valence-electron chi connectivity index (χ1n) is 7.44. The first-order valence-corrected chi connectivity index (χ1v) is 8.26. The van der Waals surface area contributed by atoms with Gasteiger partial charge in [-0.15, -0.1) is 11.3 Å². The van der Waals surface area contributed by atoms with Crippen molar-refractivity contribution in [3.63, 3.8) is 0 Å². The lowest BCUT2D eigenvalue weighted by Gasteiger charge is -2.06. The van der Waals surface area contributed by atoms with Crippen LogP contribution in [0.4, 0.5) is 4.39 Å². The number of benzene rings is 2. The molecular weight excluding hydrogens is 327 g/mol. The summed E-state index contributed by atoms with van der Waals surface area (Å²) >= 11 is 1.31. The number of halogens is 1. The van der Waals surface area contributed by atoms with Gasteiger partial charge in [0, 0.05) is 23.4 Å². The molecule has 3 rings (SSSR count). The molecule has 2 aromatic carbocycles. The van der Waals surface area contributed by atoms with E-state index in [4.69, 9.17) is 0 Å². The van der Waals surface area contributed by atoms with Crippen molar-refractivity contribution in [1.82, 2.24) is 10.6 Å². The van der Waals surface area contributed by atoms with Crippen molar-refractivity contribution in [2.75, 3.05) is 13.1 Å². The molecule has 2 N–H and O–H groups in total. The lowest BCUT2D eigenvalue weighted by atomic mass is 10.2. The molecule has 0 bridgehead atoms. The van der Waals surface area contributed by atoms with Crippen LogP contribution >= 0.6 is 11.3 Å². The Hall–Kier alpha value is -2.73. The zero-order valence-electron chi connectivity index (χ0n) is 12.7. The van der Waals surface area contributed by atoms with Crippen molar-refractivity contribution in [3.05, 3.63) is 70.9 Å². The summed E-state index contributed by atoms with van der Waals surface area (Å²) in [6.07, 6.45) is 0. The fraction of sp³-hybridized carbons (Fsp3) is 0.111. The van der Waals surface area contributed by atoms with Crippen molar-refractivity contribution in [2.24, 2.45) is 0 Å². The van der Waals surface area contributed by atoms with Gasteiger partial charge in [-0.3, -0.25) is 9.59 Å². The standard InChI is InChI=1S/C18H15FN2O2S/c19-14-6-7-15-13(10-14)11-16(24-15)18(23)21-9-8-20-17(22)12-4-2-1-3-5-12/h1-7,10-11H,8-9H2,(H,20,22)(H,21,23). The second-order valence-electron chi connectivity index (χ2n) is 5.17. The molecule has 0 fully saturated rings. The Morgan fingerprint density at radius 3 is 2.38 bits per heavy atom. The highest BCUT2D eigenvalue weighted by Crippen LogP contribution is 2.26. The Bertz CT molecular complexity index is 877. The predicted octanol–water partition coefficient (Wildman–Crippen LogP) is 3.20. The Labute approximate surface area is 142 Å². The Morgan fingerprint density at radius 2 is 1.62 bits per heavy atom. The molecule has 4 nitrogen and oxygen atoms in total. The van der Waals surface area contributed by atoms with Gasteiger partial charge in [0.1, 0.15) is 5.82 Å². The average molecular weight is 342 g/mol. The normalized spacial score (nSPS) is 10.5. The summed E-state index contributed by atoms with van der Waals surface area (Å²) in [7, 11) is 0. The summed E-state index contributed by atoms with van der Waals surface area (Å²) < 4.78 is 14.0. The molecule has 0 unspecified atom stereocenters. The minimum Gasteiger partial charge on any atom is -0.350 e. The highest BCUT2D eigenvalue weighted by molar-refractivity contribution is 7.20. The van der Waals surface area contributed by atoms with Crippen LogP contribution in [-0.4, -0.2) is 24.9 Å². The Morgan fingerprint density at radius 1 is 0.917 bits per heavy atom.